The Hall–Kier alpha value is -3.94. The lowest BCUT2D eigenvalue weighted by molar-refractivity contribution is -0.114. The van der Waals surface area contributed by atoms with E-state index in [9.17, 15) is 4.79 Å². The minimum atomic E-state index is -0.0933. The number of benzene rings is 1. The molecule has 0 radical (unpaired) electrons. The average Bonchev–Trinajstić information content (AvgIpc) is 3.36. The molecule has 0 unspecified atom stereocenters. The van der Waals surface area contributed by atoms with Crippen LogP contribution in [0.1, 0.15) is 12.5 Å². The van der Waals surface area contributed by atoms with E-state index in [1.807, 2.05) is 55.6 Å². The predicted octanol–water partition coefficient (Wildman–Crippen LogP) is 3.67. The Kier molecular flexibility index (Phi) is 4.59. The number of pyridine rings is 1. The van der Waals surface area contributed by atoms with Crippen LogP contribution in [-0.2, 0) is 4.79 Å². The number of carbonyl (C=O) groups excluding carboxylic acids is 1. The molecular formula is C20H19N7O. The summed E-state index contributed by atoms with van der Waals surface area (Å²) in [5, 5.41) is 17.6. The summed E-state index contributed by atoms with van der Waals surface area (Å²) in [6, 6.07) is 13.3. The summed E-state index contributed by atoms with van der Waals surface area (Å²) >= 11 is 0. The van der Waals surface area contributed by atoms with Crippen molar-refractivity contribution < 1.29 is 4.79 Å². The second-order valence-electron chi connectivity index (χ2n) is 6.36. The Morgan fingerprint density at radius 3 is 2.75 bits per heavy atom. The molecule has 1 aromatic carbocycles. The molecule has 28 heavy (non-hydrogen) atoms. The van der Waals surface area contributed by atoms with E-state index >= 15 is 0 Å². The highest BCUT2D eigenvalue weighted by Crippen LogP contribution is 2.25. The highest BCUT2D eigenvalue weighted by molar-refractivity contribution is 5.89. The first-order valence-corrected chi connectivity index (χ1v) is 8.75. The molecule has 0 atom stereocenters. The Bertz CT molecular complexity index is 1100. The minimum absolute atomic E-state index is 0.0933. The molecule has 140 valence electrons. The van der Waals surface area contributed by atoms with Crippen LogP contribution in [-0.4, -0.2) is 30.9 Å². The first-order chi connectivity index (χ1) is 13.6. The molecule has 1 amide bonds. The number of hydrogen-bond acceptors (Lipinski definition) is 5. The smallest absolute Gasteiger partial charge is 0.221 e. The second kappa shape index (κ2) is 7.36. The maximum atomic E-state index is 11.2. The second-order valence-corrected chi connectivity index (χ2v) is 6.36. The van der Waals surface area contributed by atoms with E-state index in [0.717, 1.165) is 34.0 Å². The summed E-state index contributed by atoms with van der Waals surface area (Å²) in [7, 11) is 0. The molecule has 0 aliphatic rings. The molecule has 4 rings (SSSR count). The lowest BCUT2D eigenvalue weighted by Gasteiger charge is -2.09. The molecular weight excluding hydrogens is 354 g/mol. The van der Waals surface area contributed by atoms with Crippen molar-refractivity contribution in [3.05, 3.63) is 66.6 Å². The van der Waals surface area contributed by atoms with Crippen molar-refractivity contribution in [2.24, 2.45) is 0 Å². The zero-order valence-corrected chi connectivity index (χ0v) is 15.5. The van der Waals surface area contributed by atoms with Crippen molar-refractivity contribution in [1.29, 1.82) is 0 Å². The zero-order chi connectivity index (χ0) is 19.5. The Morgan fingerprint density at radius 2 is 2.07 bits per heavy atom. The van der Waals surface area contributed by atoms with Gasteiger partial charge in [0.05, 0.1) is 5.69 Å². The van der Waals surface area contributed by atoms with Gasteiger partial charge in [0.25, 0.3) is 0 Å². The van der Waals surface area contributed by atoms with Crippen LogP contribution >= 0.6 is 0 Å². The predicted molar refractivity (Wildman–Crippen MR) is 108 cm³/mol. The van der Waals surface area contributed by atoms with Crippen molar-refractivity contribution in [2.75, 3.05) is 10.6 Å². The lowest BCUT2D eigenvalue weighted by Crippen LogP contribution is -2.06. The first-order valence-electron chi connectivity index (χ1n) is 8.75. The number of aromatic amines is 1. The van der Waals surface area contributed by atoms with Crippen molar-refractivity contribution in [2.45, 2.75) is 13.8 Å². The summed E-state index contributed by atoms with van der Waals surface area (Å²) < 4.78 is 1.71. The van der Waals surface area contributed by atoms with Gasteiger partial charge in [-0.2, -0.15) is 10.2 Å². The van der Waals surface area contributed by atoms with E-state index in [4.69, 9.17) is 0 Å². The van der Waals surface area contributed by atoms with Crippen molar-refractivity contribution in [3.8, 4) is 17.1 Å². The van der Waals surface area contributed by atoms with E-state index < -0.39 is 0 Å². The Labute approximate surface area is 161 Å². The van der Waals surface area contributed by atoms with E-state index in [1.54, 1.807) is 17.1 Å². The summed E-state index contributed by atoms with van der Waals surface area (Å²) in [6.45, 7) is 3.46. The number of nitrogens with zero attached hydrogens (tertiary/aromatic N) is 4. The zero-order valence-electron chi connectivity index (χ0n) is 15.5. The fraction of sp³-hybridized carbons (Fsp3) is 0.100. The number of aromatic nitrogens is 5. The third-order valence-corrected chi connectivity index (χ3v) is 4.19. The maximum Gasteiger partial charge on any atom is 0.221 e. The van der Waals surface area contributed by atoms with Gasteiger partial charge in [-0.15, -0.1) is 0 Å². The molecule has 0 fully saturated rings. The summed E-state index contributed by atoms with van der Waals surface area (Å²) in [4.78, 5) is 15.6. The molecule has 0 saturated heterocycles. The van der Waals surface area contributed by atoms with Gasteiger partial charge in [-0.1, -0.05) is 0 Å². The number of aryl methyl sites for hydroxylation is 1. The summed E-state index contributed by atoms with van der Waals surface area (Å²) in [5.74, 6) is 1.35. The fourth-order valence-corrected chi connectivity index (χ4v) is 2.84. The molecule has 3 heterocycles. The van der Waals surface area contributed by atoms with Gasteiger partial charge in [0.1, 0.15) is 0 Å². The number of H-pyrrole nitrogens is 1. The van der Waals surface area contributed by atoms with Crippen molar-refractivity contribution in [1.82, 2.24) is 25.0 Å². The third-order valence-electron chi connectivity index (χ3n) is 4.19. The van der Waals surface area contributed by atoms with Gasteiger partial charge in [0.2, 0.25) is 5.91 Å². The molecule has 0 saturated carbocycles. The van der Waals surface area contributed by atoms with Crippen molar-refractivity contribution >= 4 is 23.1 Å². The third kappa shape index (κ3) is 3.75. The fourth-order valence-electron chi connectivity index (χ4n) is 2.84. The van der Waals surface area contributed by atoms with Crippen LogP contribution in [0.25, 0.3) is 17.1 Å². The molecule has 0 aliphatic heterocycles. The van der Waals surface area contributed by atoms with Crippen LogP contribution in [0.2, 0.25) is 0 Å². The Balaban J connectivity index is 1.49. The van der Waals surface area contributed by atoms with Crippen LogP contribution in [0.4, 0.5) is 17.2 Å². The monoisotopic (exact) mass is 373 g/mol. The topological polar surface area (TPSA) is 101 Å². The van der Waals surface area contributed by atoms with Crippen LogP contribution < -0.4 is 10.6 Å². The van der Waals surface area contributed by atoms with E-state index in [2.05, 4.69) is 30.9 Å². The highest BCUT2D eigenvalue weighted by Gasteiger charge is 2.08. The number of hydrogen-bond donors (Lipinski definition) is 3. The lowest BCUT2D eigenvalue weighted by atomic mass is 10.1. The van der Waals surface area contributed by atoms with Crippen molar-refractivity contribution in [3.63, 3.8) is 0 Å². The maximum absolute atomic E-state index is 11.2. The molecule has 8 heteroatoms. The van der Waals surface area contributed by atoms with Gasteiger partial charge in [-0.3, -0.25) is 9.89 Å². The summed E-state index contributed by atoms with van der Waals surface area (Å²) in [5.41, 5.74) is 4.46. The van der Waals surface area contributed by atoms with Gasteiger partial charge < -0.3 is 10.6 Å². The van der Waals surface area contributed by atoms with Gasteiger partial charge in [-0.25, -0.2) is 9.67 Å². The largest absolute Gasteiger partial charge is 0.339 e. The van der Waals surface area contributed by atoms with E-state index in [1.165, 1.54) is 6.92 Å². The van der Waals surface area contributed by atoms with Gasteiger partial charge in [0.15, 0.2) is 11.6 Å². The van der Waals surface area contributed by atoms with Crippen LogP contribution in [0, 0.1) is 6.92 Å². The van der Waals surface area contributed by atoms with Crippen LogP contribution in [0.3, 0.4) is 0 Å². The highest BCUT2D eigenvalue weighted by atomic mass is 16.1. The number of nitrogens with one attached hydrogen (secondary N) is 3. The normalized spacial score (nSPS) is 10.6. The molecule has 3 N–H and O–H groups in total. The van der Waals surface area contributed by atoms with Crippen LogP contribution in [0.5, 0.6) is 0 Å². The van der Waals surface area contributed by atoms with Gasteiger partial charge >= 0.3 is 0 Å². The minimum Gasteiger partial charge on any atom is -0.339 e. The van der Waals surface area contributed by atoms with Gasteiger partial charge in [-0.05, 0) is 48.9 Å². The molecule has 4 aromatic rings. The van der Waals surface area contributed by atoms with E-state index in [0.29, 0.717) is 5.82 Å². The first kappa shape index (κ1) is 17.5. The average molecular weight is 373 g/mol. The Morgan fingerprint density at radius 1 is 1.18 bits per heavy atom. The summed E-state index contributed by atoms with van der Waals surface area (Å²) in [6.07, 6.45) is 5.34. The molecule has 3 aromatic heterocycles. The number of amides is 1. The number of anilines is 3. The standard InChI is InChI=1S/C20H19N7O/c1-13-10-16(23-14(2)28)5-6-17(13)24-19-11-18(25-26-19)15-4-7-20(21-12-15)27-9-3-8-22-27/h3-12H,1-2H3,(H,23,28)(H2,24,25,26). The number of rotatable bonds is 5. The SMILES string of the molecule is CC(=O)Nc1ccc(Nc2cc(-c3ccc(-n4cccn4)nc3)[nH]n2)c(C)c1. The quantitative estimate of drug-likeness (QED) is 0.496. The molecule has 8 nitrogen and oxygen atoms in total. The number of carbonyl (C=O) groups is 1. The van der Waals surface area contributed by atoms with Crippen LogP contribution in [0.15, 0.2) is 61.1 Å². The van der Waals surface area contributed by atoms with Gasteiger partial charge in [0, 0.05) is 48.5 Å². The van der Waals surface area contributed by atoms with E-state index in [-0.39, 0.29) is 5.91 Å². The molecule has 0 aliphatic carbocycles. The molecule has 0 spiro atoms. The molecule has 0 bridgehead atoms.